The molecule has 0 aromatic carbocycles. The molecular formula is C8H17O2P. The summed E-state index contributed by atoms with van der Waals surface area (Å²) in [5, 5.41) is 0. The molecule has 0 aliphatic carbocycles. The van der Waals surface area contributed by atoms with Gasteiger partial charge in [-0.3, -0.25) is 4.79 Å². The predicted molar refractivity (Wildman–Crippen MR) is 49.3 cm³/mol. The van der Waals surface area contributed by atoms with Crippen LogP contribution >= 0.6 is 9.47 Å². The van der Waals surface area contributed by atoms with E-state index < -0.39 is 0 Å². The van der Waals surface area contributed by atoms with Gasteiger partial charge in [0, 0.05) is 21.8 Å². The lowest BCUT2D eigenvalue weighted by Crippen LogP contribution is -2.16. The lowest BCUT2D eigenvalue weighted by atomic mass is 9.99. The van der Waals surface area contributed by atoms with Crippen LogP contribution in [0.15, 0.2) is 0 Å². The molecule has 0 bridgehead atoms. The van der Waals surface area contributed by atoms with Crippen LogP contribution in [0.4, 0.5) is 0 Å². The van der Waals surface area contributed by atoms with Gasteiger partial charge in [-0.2, -0.15) is 0 Å². The number of rotatable bonds is 5. The second kappa shape index (κ2) is 5.68. The molecule has 0 heterocycles. The van der Waals surface area contributed by atoms with E-state index in [1.54, 1.807) is 0 Å². The summed E-state index contributed by atoms with van der Waals surface area (Å²) in [5.41, 5.74) is 0. The fraction of sp³-hybridized carbons (Fsp3) is 0.875. The topological polar surface area (TPSA) is 26.3 Å². The summed E-state index contributed by atoms with van der Waals surface area (Å²) < 4.78 is 4.80. The summed E-state index contributed by atoms with van der Waals surface area (Å²) in [7, 11) is 2.16. The van der Waals surface area contributed by atoms with Crippen molar-refractivity contribution in [3.8, 4) is 0 Å². The minimum absolute atomic E-state index is 0.0369. The number of Topliss-reactive ketones (excluding diaryl/α,β-unsaturated/α-hetero) is 1. The summed E-state index contributed by atoms with van der Waals surface area (Å²) in [6.45, 7) is 6.50. The minimum atomic E-state index is 0.0369. The Morgan fingerprint density at radius 1 is 1.45 bits per heavy atom. The lowest BCUT2D eigenvalue weighted by Gasteiger charge is -2.09. The van der Waals surface area contributed by atoms with E-state index in [2.05, 4.69) is 9.47 Å². The highest BCUT2D eigenvalue weighted by atomic mass is 31.0. The first-order chi connectivity index (χ1) is 5.07. The number of ketones is 1. The van der Waals surface area contributed by atoms with Gasteiger partial charge >= 0.3 is 0 Å². The Balaban J connectivity index is 3.64. The van der Waals surface area contributed by atoms with Gasteiger partial charge in [0.15, 0.2) is 0 Å². The Labute approximate surface area is 71.0 Å². The van der Waals surface area contributed by atoms with Crippen LogP contribution < -0.4 is 0 Å². The van der Waals surface area contributed by atoms with Gasteiger partial charge in [0.05, 0.1) is 6.61 Å². The van der Waals surface area contributed by atoms with Crippen molar-refractivity contribution >= 4 is 15.2 Å². The van der Waals surface area contributed by atoms with E-state index in [0.29, 0.717) is 24.7 Å². The first kappa shape index (κ1) is 11.1. The summed E-state index contributed by atoms with van der Waals surface area (Å²) in [6.07, 6.45) is 0.662. The molecule has 0 saturated carbocycles. The molecule has 0 spiro atoms. The third-order valence-corrected chi connectivity index (χ3v) is 1.70. The molecular weight excluding hydrogens is 159 g/mol. The Morgan fingerprint density at radius 3 is 2.36 bits per heavy atom. The highest BCUT2D eigenvalue weighted by Crippen LogP contribution is 2.08. The molecule has 2 unspecified atom stereocenters. The van der Waals surface area contributed by atoms with Gasteiger partial charge in [0.1, 0.15) is 5.78 Å². The van der Waals surface area contributed by atoms with Gasteiger partial charge in [-0.1, -0.05) is 20.8 Å². The average Bonchev–Trinajstić information content (AvgIpc) is 1.86. The van der Waals surface area contributed by atoms with Crippen molar-refractivity contribution in [2.24, 2.45) is 11.8 Å². The first-order valence-corrected chi connectivity index (χ1v) is 4.39. The van der Waals surface area contributed by atoms with E-state index in [9.17, 15) is 4.79 Å². The highest BCUT2D eigenvalue weighted by Gasteiger charge is 2.13. The number of hydrogen-bond acceptors (Lipinski definition) is 2. The van der Waals surface area contributed by atoms with Crippen LogP contribution in [0, 0.1) is 11.8 Å². The molecule has 0 rings (SSSR count). The van der Waals surface area contributed by atoms with E-state index >= 15 is 0 Å². The van der Waals surface area contributed by atoms with Gasteiger partial charge in [-0.15, -0.1) is 0 Å². The van der Waals surface area contributed by atoms with Gasteiger partial charge in [-0.25, -0.2) is 0 Å². The summed E-state index contributed by atoms with van der Waals surface area (Å²) in [5.74, 6) is 0.784. The Hall–Kier alpha value is 0.0600. The molecule has 11 heavy (non-hydrogen) atoms. The maximum Gasteiger partial charge on any atom is 0.138 e. The second-order valence-electron chi connectivity index (χ2n) is 3.30. The van der Waals surface area contributed by atoms with Crippen molar-refractivity contribution in [1.82, 2.24) is 0 Å². The molecule has 0 amide bonds. The fourth-order valence-electron chi connectivity index (χ4n) is 0.841. The Morgan fingerprint density at radius 2 is 2.00 bits per heavy atom. The smallest absolute Gasteiger partial charge is 0.138 e. The van der Waals surface area contributed by atoms with Gasteiger partial charge in [0.25, 0.3) is 0 Å². The van der Waals surface area contributed by atoms with Crippen LogP contribution in [-0.2, 0) is 9.32 Å². The molecule has 0 aliphatic heterocycles. The maximum absolute atomic E-state index is 11.3. The van der Waals surface area contributed by atoms with Crippen LogP contribution in [0.3, 0.4) is 0 Å². The number of carbonyl (C=O) groups is 1. The molecule has 0 radical (unpaired) electrons. The fourth-order valence-corrected chi connectivity index (χ4v) is 1.13. The third kappa shape index (κ3) is 5.34. The largest absolute Gasteiger partial charge is 0.365 e. The van der Waals surface area contributed by atoms with E-state index in [-0.39, 0.29) is 5.92 Å². The van der Waals surface area contributed by atoms with Crippen LogP contribution in [0.1, 0.15) is 27.2 Å². The molecule has 66 valence electrons. The van der Waals surface area contributed by atoms with E-state index in [1.807, 2.05) is 20.8 Å². The average molecular weight is 176 g/mol. The maximum atomic E-state index is 11.3. The molecule has 2 nitrogen and oxygen atoms in total. The molecule has 3 heteroatoms. The van der Waals surface area contributed by atoms with Crippen LogP contribution in [0.25, 0.3) is 0 Å². The van der Waals surface area contributed by atoms with Crippen LogP contribution in [0.5, 0.6) is 0 Å². The quantitative estimate of drug-likeness (QED) is 0.599. The van der Waals surface area contributed by atoms with Crippen molar-refractivity contribution in [2.75, 3.05) is 6.61 Å². The summed E-state index contributed by atoms with van der Waals surface area (Å²) in [4.78, 5) is 11.3. The zero-order chi connectivity index (χ0) is 8.85. The molecule has 0 aromatic rings. The van der Waals surface area contributed by atoms with Gasteiger partial charge in [0.2, 0.25) is 0 Å². The zero-order valence-electron chi connectivity index (χ0n) is 7.46. The van der Waals surface area contributed by atoms with E-state index in [4.69, 9.17) is 4.52 Å². The van der Waals surface area contributed by atoms with Crippen LogP contribution in [-0.4, -0.2) is 12.4 Å². The molecule has 0 N–H and O–H groups in total. The minimum Gasteiger partial charge on any atom is -0.365 e. The molecule has 0 fully saturated rings. The predicted octanol–water partition coefficient (Wildman–Crippen LogP) is 2.04. The van der Waals surface area contributed by atoms with Crippen molar-refractivity contribution in [3.63, 3.8) is 0 Å². The summed E-state index contributed by atoms with van der Waals surface area (Å²) >= 11 is 0. The molecule has 0 aromatic heterocycles. The van der Waals surface area contributed by atoms with Crippen molar-refractivity contribution in [3.05, 3.63) is 0 Å². The van der Waals surface area contributed by atoms with Gasteiger partial charge < -0.3 is 4.52 Å². The number of hydrogen-bond donors (Lipinski definition) is 0. The highest BCUT2D eigenvalue weighted by molar-refractivity contribution is 7.09. The SMILES string of the molecule is CC(C)CC(=O)C(C)COP. The van der Waals surface area contributed by atoms with Gasteiger partial charge in [-0.05, 0) is 5.92 Å². The monoisotopic (exact) mass is 176 g/mol. The Bertz CT molecular complexity index is 123. The van der Waals surface area contributed by atoms with E-state index in [0.717, 1.165) is 0 Å². The standard InChI is InChI=1S/C8H17O2P/c1-6(2)4-8(9)7(3)5-10-11/h6-7H,4-5,11H2,1-3H3. The zero-order valence-corrected chi connectivity index (χ0v) is 8.62. The van der Waals surface area contributed by atoms with E-state index in [1.165, 1.54) is 0 Å². The van der Waals surface area contributed by atoms with Crippen LogP contribution in [0.2, 0.25) is 0 Å². The normalized spacial score (nSPS) is 13.5. The van der Waals surface area contributed by atoms with Crippen molar-refractivity contribution < 1.29 is 9.32 Å². The first-order valence-electron chi connectivity index (χ1n) is 3.92. The second-order valence-corrected chi connectivity index (χ2v) is 3.63. The van der Waals surface area contributed by atoms with Crippen molar-refractivity contribution in [2.45, 2.75) is 27.2 Å². The summed E-state index contributed by atoms with van der Waals surface area (Å²) in [6, 6.07) is 0. The van der Waals surface area contributed by atoms with Crippen molar-refractivity contribution in [1.29, 1.82) is 0 Å². The molecule has 0 aliphatic rings. The molecule has 0 saturated heterocycles. The lowest BCUT2D eigenvalue weighted by molar-refractivity contribution is -0.123. The Kier molecular flexibility index (Phi) is 5.71. The molecule has 2 atom stereocenters. The third-order valence-electron chi connectivity index (χ3n) is 1.51. The number of carbonyl (C=O) groups excluding carboxylic acids is 1.